The van der Waals surface area contributed by atoms with Crippen LogP contribution in [0.5, 0.6) is 0 Å². The summed E-state index contributed by atoms with van der Waals surface area (Å²) in [6.07, 6.45) is 0.195. The Morgan fingerprint density at radius 3 is 2.81 bits per heavy atom. The van der Waals surface area contributed by atoms with Gasteiger partial charge in [0.25, 0.3) is 5.91 Å². The number of nitrogens with zero attached hydrogens (tertiary/aromatic N) is 4. The van der Waals surface area contributed by atoms with Crippen LogP contribution in [0.15, 0.2) is 23.2 Å². The third-order valence-corrected chi connectivity index (χ3v) is 8.56. The van der Waals surface area contributed by atoms with Crippen molar-refractivity contribution in [1.82, 2.24) is 20.4 Å². The summed E-state index contributed by atoms with van der Waals surface area (Å²) in [6, 6.07) is 2.99. The van der Waals surface area contributed by atoms with E-state index in [0.29, 0.717) is 47.8 Å². The van der Waals surface area contributed by atoms with Gasteiger partial charge in [0.1, 0.15) is 22.1 Å². The fraction of sp³-hybridized carbons (Fsp3) is 0.421. The van der Waals surface area contributed by atoms with Crippen molar-refractivity contribution in [1.29, 1.82) is 0 Å². The van der Waals surface area contributed by atoms with Crippen LogP contribution in [0, 0.1) is 0 Å². The number of ether oxygens (including phenoxy) is 1. The molecule has 2 aromatic heterocycles. The van der Waals surface area contributed by atoms with Crippen LogP contribution in [0.25, 0.3) is 5.57 Å². The summed E-state index contributed by atoms with van der Waals surface area (Å²) in [5, 5.41) is 23.7. The lowest BCUT2D eigenvalue weighted by Crippen LogP contribution is -2.70. The highest BCUT2D eigenvalue weighted by Gasteiger charge is 2.54. The Hall–Kier alpha value is -2.48. The van der Waals surface area contributed by atoms with Crippen molar-refractivity contribution in [3.63, 3.8) is 0 Å². The second-order valence-corrected chi connectivity index (χ2v) is 10.4. The van der Waals surface area contributed by atoms with Crippen molar-refractivity contribution in [3.05, 3.63) is 33.1 Å². The number of fused-ring (bicyclic) bond motifs is 1. The summed E-state index contributed by atoms with van der Waals surface area (Å²) in [7, 11) is 0. The van der Waals surface area contributed by atoms with Gasteiger partial charge in [0.05, 0.1) is 19.6 Å². The maximum Gasteiger partial charge on any atom is 0.353 e. The lowest BCUT2D eigenvalue weighted by atomic mass is 10.0. The third-order valence-electron chi connectivity index (χ3n) is 5.36. The number of morpholine rings is 1. The van der Waals surface area contributed by atoms with Gasteiger partial charge in [-0.25, -0.2) is 4.79 Å². The lowest BCUT2D eigenvalue weighted by Gasteiger charge is -2.49. The molecular formula is C19H19N5O5S3. The molecule has 0 spiro atoms. The Morgan fingerprint density at radius 2 is 2.09 bits per heavy atom. The number of thioether (sulfide) groups is 1. The molecule has 0 saturated carbocycles. The number of carboxylic acid groups (broad SMARTS) is 1. The van der Waals surface area contributed by atoms with Crippen LogP contribution in [0.3, 0.4) is 0 Å². The molecule has 2 amide bonds. The van der Waals surface area contributed by atoms with E-state index >= 15 is 0 Å². The number of nitrogens with one attached hydrogen (secondary N) is 1. The predicted octanol–water partition coefficient (Wildman–Crippen LogP) is 0.874. The van der Waals surface area contributed by atoms with Gasteiger partial charge in [-0.15, -0.1) is 33.3 Å². The van der Waals surface area contributed by atoms with Crippen molar-refractivity contribution in [2.24, 2.45) is 0 Å². The number of carbonyl (C=O) groups is 3. The van der Waals surface area contributed by atoms with E-state index in [1.807, 2.05) is 17.5 Å². The van der Waals surface area contributed by atoms with E-state index in [1.165, 1.54) is 39.3 Å². The van der Waals surface area contributed by atoms with Crippen LogP contribution >= 0.6 is 34.4 Å². The molecule has 3 aliphatic heterocycles. The maximum atomic E-state index is 12.8. The van der Waals surface area contributed by atoms with Crippen molar-refractivity contribution >= 4 is 62.9 Å². The summed E-state index contributed by atoms with van der Waals surface area (Å²) >= 11 is 4.21. The monoisotopic (exact) mass is 493 g/mol. The molecule has 13 heteroatoms. The number of rotatable bonds is 6. The number of hydrogen-bond donors (Lipinski definition) is 2. The van der Waals surface area contributed by atoms with Crippen LogP contribution < -0.4 is 10.2 Å². The van der Waals surface area contributed by atoms with Gasteiger partial charge < -0.3 is 20.1 Å². The van der Waals surface area contributed by atoms with E-state index in [9.17, 15) is 19.5 Å². The van der Waals surface area contributed by atoms with Crippen molar-refractivity contribution < 1.29 is 24.2 Å². The van der Waals surface area contributed by atoms with E-state index < -0.39 is 23.3 Å². The smallest absolute Gasteiger partial charge is 0.353 e. The number of carbonyl (C=O) groups excluding carboxylic acids is 2. The number of thiophene rings is 1. The van der Waals surface area contributed by atoms with Crippen molar-refractivity contribution in [3.8, 4) is 0 Å². The molecule has 32 heavy (non-hydrogen) atoms. The molecule has 0 aliphatic carbocycles. The Bertz CT molecular complexity index is 1080. The molecule has 2 saturated heterocycles. The van der Waals surface area contributed by atoms with Gasteiger partial charge in [0, 0.05) is 29.3 Å². The average Bonchev–Trinajstić information content (AvgIpc) is 3.49. The van der Waals surface area contributed by atoms with E-state index in [2.05, 4.69) is 20.4 Å². The molecule has 2 atom stereocenters. The van der Waals surface area contributed by atoms with Crippen LogP contribution in [-0.2, 0) is 25.5 Å². The molecule has 0 radical (unpaired) electrons. The van der Waals surface area contributed by atoms with Gasteiger partial charge in [0.15, 0.2) is 0 Å². The molecule has 2 aromatic rings. The van der Waals surface area contributed by atoms with E-state index in [4.69, 9.17) is 4.74 Å². The minimum atomic E-state index is -1.19. The molecule has 5 rings (SSSR count). The number of β-lactam (4-membered cyclic amide) rings is 1. The van der Waals surface area contributed by atoms with Crippen LogP contribution in [0.2, 0.25) is 0 Å². The molecule has 168 valence electrons. The third kappa shape index (κ3) is 3.89. The van der Waals surface area contributed by atoms with Crippen molar-refractivity contribution in [2.75, 3.05) is 37.0 Å². The van der Waals surface area contributed by atoms with Gasteiger partial charge in [-0.2, -0.15) is 0 Å². The number of aliphatic carboxylic acids is 1. The van der Waals surface area contributed by atoms with Gasteiger partial charge in [0.2, 0.25) is 11.0 Å². The molecular weight excluding hydrogens is 474 g/mol. The first-order chi connectivity index (χ1) is 15.5. The zero-order chi connectivity index (χ0) is 22.2. The minimum absolute atomic E-state index is 0.0767. The van der Waals surface area contributed by atoms with Gasteiger partial charge in [-0.1, -0.05) is 17.4 Å². The van der Waals surface area contributed by atoms with Crippen LogP contribution in [-0.4, -0.2) is 81.5 Å². The first-order valence-electron chi connectivity index (χ1n) is 9.92. The normalized spacial score (nSPS) is 23.1. The first kappa shape index (κ1) is 21.4. The second kappa shape index (κ2) is 8.81. The Balaban J connectivity index is 1.34. The second-order valence-electron chi connectivity index (χ2n) is 7.33. The van der Waals surface area contributed by atoms with Crippen LogP contribution in [0.4, 0.5) is 5.13 Å². The Labute approximate surface area is 195 Å². The highest BCUT2D eigenvalue weighted by atomic mass is 32.2. The topological polar surface area (TPSA) is 125 Å². The van der Waals surface area contributed by atoms with E-state index in [-0.39, 0.29) is 18.0 Å². The first-order valence-corrected chi connectivity index (χ1v) is 12.7. The number of amides is 2. The fourth-order valence-corrected chi connectivity index (χ4v) is 6.88. The largest absolute Gasteiger partial charge is 0.477 e. The molecule has 3 aliphatic rings. The standard InChI is InChI=1S/C19H19N5O5S3/c25-12(8-10-2-1-7-30-10)20-13-16(26)24-14(18(27)28)11(9-31-17(13)24)15-21-22-19(32-15)23-3-5-29-6-4-23/h1-2,7,13,17H,3-6,8-9H2,(H,20,25)(H,27,28). The summed E-state index contributed by atoms with van der Waals surface area (Å²) in [6.45, 7) is 2.62. The summed E-state index contributed by atoms with van der Waals surface area (Å²) in [4.78, 5) is 41.5. The molecule has 2 unspecified atom stereocenters. The minimum Gasteiger partial charge on any atom is -0.477 e. The highest BCUT2D eigenvalue weighted by Crippen LogP contribution is 2.44. The molecule has 0 bridgehead atoms. The van der Waals surface area contributed by atoms with Gasteiger partial charge >= 0.3 is 5.97 Å². The van der Waals surface area contributed by atoms with Gasteiger partial charge in [-0.05, 0) is 11.4 Å². The Kier molecular flexibility index (Phi) is 5.88. The summed E-state index contributed by atoms with van der Waals surface area (Å²) in [5.41, 5.74) is 0.402. The number of carboxylic acids is 1. The fourth-order valence-electron chi connectivity index (χ4n) is 3.80. The average molecular weight is 494 g/mol. The number of aromatic nitrogens is 2. The zero-order valence-electron chi connectivity index (χ0n) is 16.7. The maximum absolute atomic E-state index is 12.8. The summed E-state index contributed by atoms with van der Waals surface area (Å²) in [5.74, 6) is -1.50. The van der Waals surface area contributed by atoms with E-state index in [0.717, 1.165) is 4.88 Å². The zero-order valence-corrected chi connectivity index (χ0v) is 19.2. The van der Waals surface area contributed by atoms with E-state index in [1.54, 1.807) is 0 Å². The lowest BCUT2D eigenvalue weighted by molar-refractivity contribution is -0.150. The Morgan fingerprint density at radius 1 is 1.28 bits per heavy atom. The predicted molar refractivity (Wildman–Crippen MR) is 121 cm³/mol. The molecule has 5 heterocycles. The highest BCUT2D eigenvalue weighted by molar-refractivity contribution is 8.00. The molecule has 2 N–H and O–H groups in total. The molecule has 10 nitrogen and oxygen atoms in total. The summed E-state index contributed by atoms with van der Waals surface area (Å²) < 4.78 is 5.36. The van der Waals surface area contributed by atoms with Gasteiger partial charge in [-0.3, -0.25) is 14.5 Å². The quantitative estimate of drug-likeness (QED) is 0.564. The molecule has 0 aromatic carbocycles. The molecule has 2 fully saturated rings. The SMILES string of the molecule is O=C(Cc1cccs1)NC1C(=O)N2C(C(=O)O)=C(c3nnc(N4CCOCC4)s3)CSC12. The van der Waals surface area contributed by atoms with Crippen molar-refractivity contribution in [2.45, 2.75) is 17.8 Å². The number of hydrogen-bond acceptors (Lipinski definition) is 10. The van der Waals surface area contributed by atoms with Crippen LogP contribution in [0.1, 0.15) is 9.88 Å². The number of anilines is 1.